The topological polar surface area (TPSA) is 0 Å². The van der Waals surface area contributed by atoms with E-state index in [0.29, 0.717) is 0 Å². The van der Waals surface area contributed by atoms with Crippen molar-refractivity contribution in [1.82, 2.24) is 0 Å². The van der Waals surface area contributed by atoms with Crippen molar-refractivity contribution in [2.75, 3.05) is 0 Å². The number of aryl methyl sites for hydroxylation is 4. The Morgan fingerprint density at radius 1 is 0.500 bits per heavy atom. The van der Waals surface area contributed by atoms with Gasteiger partial charge in [0.05, 0.1) is 0 Å². The summed E-state index contributed by atoms with van der Waals surface area (Å²) in [6, 6.07) is 27.2. The molecule has 0 radical (unpaired) electrons. The Morgan fingerprint density at radius 3 is 1.35 bits per heavy atom. The standard InChI is InChI=1S/C25H24.CH4/c1-18-6-10-24-16-20(8-12-22(24)14-18)4-3-5-21-9-13-23-15-19(2)7-11-25(23)17-21;/h6-17H,3-5H2,1-2H3;1H4. The van der Waals surface area contributed by atoms with Crippen LogP contribution in [-0.2, 0) is 12.8 Å². The number of hydrogen-bond donors (Lipinski definition) is 0. The number of fused-ring (bicyclic) bond motifs is 2. The molecule has 0 aliphatic carbocycles. The first kappa shape index (κ1) is 18.2. The van der Waals surface area contributed by atoms with E-state index < -0.39 is 0 Å². The molecule has 0 atom stereocenters. The summed E-state index contributed by atoms with van der Waals surface area (Å²) in [5, 5.41) is 5.38. The molecule has 0 amide bonds. The monoisotopic (exact) mass is 340 g/mol. The van der Waals surface area contributed by atoms with Crippen molar-refractivity contribution in [3.8, 4) is 0 Å². The quantitative estimate of drug-likeness (QED) is 0.362. The van der Waals surface area contributed by atoms with Crippen LogP contribution in [0, 0.1) is 13.8 Å². The van der Waals surface area contributed by atoms with Gasteiger partial charge in [-0.15, -0.1) is 0 Å². The normalized spacial score (nSPS) is 10.8. The molecule has 0 aliphatic heterocycles. The van der Waals surface area contributed by atoms with Crippen LogP contribution in [0.25, 0.3) is 21.5 Å². The first-order valence-electron chi connectivity index (χ1n) is 9.16. The van der Waals surface area contributed by atoms with Gasteiger partial charge in [0, 0.05) is 0 Å². The molecule has 0 unspecified atom stereocenters. The average Bonchev–Trinajstić information content (AvgIpc) is 2.62. The largest absolute Gasteiger partial charge is 0.0776 e. The van der Waals surface area contributed by atoms with Gasteiger partial charge in [-0.1, -0.05) is 91.3 Å². The fraction of sp³-hybridized carbons (Fsp3) is 0.231. The second-order valence-corrected chi connectivity index (χ2v) is 7.22. The van der Waals surface area contributed by atoms with E-state index in [0.717, 1.165) is 12.8 Å². The molecule has 0 bridgehead atoms. The Balaban J connectivity index is 0.00000196. The molecule has 4 aromatic rings. The average molecular weight is 341 g/mol. The van der Waals surface area contributed by atoms with Gasteiger partial charge in [-0.05, 0) is 65.8 Å². The molecule has 0 fully saturated rings. The van der Waals surface area contributed by atoms with Crippen LogP contribution in [0.3, 0.4) is 0 Å². The fourth-order valence-electron chi connectivity index (χ4n) is 3.64. The molecule has 0 spiro atoms. The minimum Gasteiger partial charge on any atom is -0.0776 e. The third-order valence-corrected chi connectivity index (χ3v) is 5.05. The predicted octanol–water partition coefficient (Wildman–Crippen LogP) is 7.42. The minimum absolute atomic E-state index is 0. The van der Waals surface area contributed by atoms with Gasteiger partial charge < -0.3 is 0 Å². The SMILES string of the molecule is C.Cc1ccc2cc(CCCc3ccc4cc(C)ccc4c3)ccc2c1. The van der Waals surface area contributed by atoms with Gasteiger partial charge in [-0.2, -0.15) is 0 Å². The summed E-state index contributed by atoms with van der Waals surface area (Å²) < 4.78 is 0. The molecule has 0 heteroatoms. The number of rotatable bonds is 4. The van der Waals surface area contributed by atoms with Gasteiger partial charge in [0.1, 0.15) is 0 Å². The summed E-state index contributed by atoms with van der Waals surface area (Å²) >= 11 is 0. The molecular weight excluding hydrogens is 312 g/mol. The van der Waals surface area contributed by atoms with Crippen molar-refractivity contribution < 1.29 is 0 Å². The molecule has 0 saturated carbocycles. The maximum Gasteiger partial charge on any atom is -0.0181 e. The molecule has 0 saturated heterocycles. The van der Waals surface area contributed by atoms with Crippen molar-refractivity contribution in [3.05, 3.63) is 95.1 Å². The van der Waals surface area contributed by atoms with Crippen molar-refractivity contribution >= 4 is 21.5 Å². The zero-order valence-corrected chi connectivity index (χ0v) is 15.0. The Bertz CT molecular complexity index is 955. The molecule has 132 valence electrons. The zero-order chi connectivity index (χ0) is 17.2. The van der Waals surface area contributed by atoms with Gasteiger partial charge in [0.2, 0.25) is 0 Å². The lowest BCUT2D eigenvalue weighted by atomic mass is 9.98. The van der Waals surface area contributed by atoms with Crippen LogP contribution in [0.2, 0.25) is 0 Å². The summed E-state index contributed by atoms with van der Waals surface area (Å²) in [7, 11) is 0. The van der Waals surface area contributed by atoms with Crippen LogP contribution in [-0.4, -0.2) is 0 Å². The predicted molar refractivity (Wildman–Crippen MR) is 116 cm³/mol. The summed E-state index contributed by atoms with van der Waals surface area (Å²) in [6.07, 6.45) is 3.46. The van der Waals surface area contributed by atoms with Crippen LogP contribution >= 0.6 is 0 Å². The van der Waals surface area contributed by atoms with Crippen molar-refractivity contribution in [1.29, 1.82) is 0 Å². The second-order valence-electron chi connectivity index (χ2n) is 7.22. The molecule has 0 heterocycles. The summed E-state index contributed by atoms with van der Waals surface area (Å²) in [6.45, 7) is 4.30. The Labute approximate surface area is 157 Å². The van der Waals surface area contributed by atoms with E-state index in [1.165, 1.54) is 50.2 Å². The third-order valence-electron chi connectivity index (χ3n) is 5.05. The van der Waals surface area contributed by atoms with Crippen LogP contribution in [0.4, 0.5) is 0 Å². The van der Waals surface area contributed by atoms with E-state index in [4.69, 9.17) is 0 Å². The van der Waals surface area contributed by atoms with Gasteiger partial charge in [-0.3, -0.25) is 0 Å². The van der Waals surface area contributed by atoms with Crippen LogP contribution in [0.15, 0.2) is 72.8 Å². The van der Waals surface area contributed by atoms with Gasteiger partial charge in [0.25, 0.3) is 0 Å². The lowest BCUT2D eigenvalue weighted by Gasteiger charge is -2.07. The highest BCUT2D eigenvalue weighted by atomic mass is 14.1. The third kappa shape index (κ3) is 3.96. The zero-order valence-electron chi connectivity index (χ0n) is 15.0. The maximum atomic E-state index is 2.35. The molecule has 0 N–H and O–H groups in total. The van der Waals surface area contributed by atoms with E-state index in [9.17, 15) is 0 Å². The highest BCUT2D eigenvalue weighted by Gasteiger charge is 2.01. The van der Waals surface area contributed by atoms with Gasteiger partial charge in [-0.25, -0.2) is 0 Å². The molecule has 26 heavy (non-hydrogen) atoms. The van der Waals surface area contributed by atoms with Crippen LogP contribution in [0.5, 0.6) is 0 Å². The molecule has 0 nitrogen and oxygen atoms in total. The number of hydrogen-bond acceptors (Lipinski definition) is 0. The Kier molecular flexibility index (Phi) is 5.42. The Morgan fingerprint density at radius 2 is 0.885 bits per heavy atom. The lowest BCUT2D eigenvalue weighted by molar-refractivity contribution is 0.822. The van der Waals surface area contributed by atoms with E-state index in [-0.39, 0.29) is 7.43 Å². The summed E-state index contributed by atoms with van der Waals surface area (Å²) in [4.78, 5) is 0. The first-order valence-corrected chi connectivity index (χ1v) is 9.16. The van der Waals surface area contributed by atoms with Gasteiger partial charge in [0.15, 0.2) is 0 Å². The summed E-state index contributed by atoms with van der Waals surface area (Å²) in [5.41, 5.74) is 5.53. The highest BCUT2D eigenvalue weighted by Crippen LogP contribution is 2.21. The fourth-order valence-corrected chi connectivity index (χ4v) is 3.64. The smallest absolute Gasteiger partial charge is 0.0181 e. The van der Waals surface area contributed by atoms with Crippen LogP contribution in [0.1, 0.15) is 36.1 Å². The van der Waals surface area contributed by atoms with Gasteiger partial charge >= 0.3 is 0 Å². The molecule has 0 aromatic heterocycles. The molecule has 0 aliphatic rings. The summed E-state index contributed by atoms with van der Waals surface area (Å²) in [5.74, 6) is 0. The first-order chi connectivity index (χ1) is 12.2. The van der Waals surface area contributed by atoms with E-state index in [2.05, 4.69) is 86.6 Å². The van der Waals surface area contributed by atoms with E-state index in [1.807, 2.05) is 0 Å². The molecule has 4 rings (SSSR count). The Hall–Kier alpha value is -2.60. The van der Waals surface area contributed by atoms with E-state index >= 15 is 0 Å². The minimum atomic E-state index is 0. The maximum absolute atomic E-state index is 2.35. The lowest BCUT2D eigenvalue weighted by Crippen LogP contribution is -1.91. The molecule has 4 aromatic carbocycles. The highest BCUT2D eigenvalue weighted by molar-refractivity contribution is 5.84. The van der Waals surface area contributed by atoms with Crippen molar-refractivity contribution in [3.63, 3.8) is 0 Å². The van der Waals surface area contributed by atoms with Crippen LogP contribution < -0.4 is 0 Å². The van der Waals surface area contributed by atoms with Crippen molar-refractivity contribution in [2.24, 2.45) is 0 Å². The molecular formula is C26H28. The van der Waals surface area contributed by atoms with E-state index in [1.54, 1.807) is 0 Å². The van der Waals surface area contributed by atoms with Crippen molar-refractivity contribution in [2.45, 2.75) is 40.5 Å². The number of benzene rings is 4. The second kappa shape index (κ2) is 7.74.